The Labute approximate surface area is 129 Å². The Morgan fingerprint density at radius 3 is 2.55 bits per heavy atom. The molecular weight excluding hydrogens is 302 g/mol. The van der Waals surface area contributed by atoms with Gasteiger partial charge in [0.15, 0.2) is 9.84 Å². The monoisotopic (exact) mass is 319 g/mol. The molecule has 1 amide bonds. The number of nitrogens with one attached hydrogen (secondary N) is 1. The molecule has 0 atom stereocenters. The lowest BCUT2D eigenvalue weighted by Gasteiger charge is -2.11. The van der Waals surface area contributed by atoms with Gasteiger partial charge in [0.25, 0.3) is 5.91 Å². The van der Waals surface area contributed by atoms with Crippen molar-refractivity contribution in [1.82, 2.24) is 0 Å². The maximum Gasteiger partial charge on any atom is 0.255 e. The molecule has 0 aromatic heterocycles. The zero-order valence-corrected chi connectivity index (χ0v) is 13.2. The molecule has 0 aliphatic heterocycles. The summed E-state index contributed by atoms with van der Waals surface area (Å²) in [7, 11) is -3.35. The van der Waals surface area contributed by atoms with E-state index in [1.165, 1.54) is 12.1 Å². The predicted molar refractivity (Wildman–Crippen MR) is 85.1 cm³/mol. The first-order valence-corrected chi connectivity index (χ1v) is 8.64. The number of carbonyl (C=O) groups is 1. The van der Waals surface area contributed by atoms with Crippen LogP contribution in [0.3, 0.4) is 0 Å². The number of amides is 1. The third-order valence-corrected chi connectivity index (χ3v) is 4.07. The first kappa shape index (κ1) is 16.0. The summed E-state index contributed by atoms with van der Waals surface area (Å²) in [6.45, 7) is 2.34. The molecule has 0 heterocycles. The van der Waals surface area contributed by atoms with Crippen molar-refractivity contribution < 1.29 is 17.9 Å². The van der Waals surface area contributed by atoms with Crippen molar-refractivity contribution in [2.45, 2.75) is 11.8 Å². The number of hydrogen-bond acceptors (Lipinski definition) is 4. The van der Waals surface area contributed by atoms with E-state index in [1.54, 1.807) is 30.3 Å². The van der Waals surface area contributed by atoms with Crippen LogP contribution in [0, 0.1) is 0 Å². The van der Waals surface area contributed by atoms with Crippen LogP contribution in [0.5, 0.6) is 5.75 Å². The van der Waals surface area contributed by atoms with E-state index in [-0.39, 0.29) is 10.5 Å². The quantitative estimate of drug-likeness (QED) is 0.920. The Bertz CT molecular complexity index is 784. The Kier molecular flexibility index (Phi) is 4.82. The van der Waals surface area contributed by atoms with Gasteiger partial charge in [-0.3, -0.25) is 4.79 Å². The highest BCUT2D eigenvalue weighted by Crippen LogP contribution is 2.24. The number of rotatable bonds is 5. The third kappa shape index (κ3) is 3.85. The first-order chi connectivity index (χ1) is 10.4. The number of ether oxygens (including phenoxy) is 1. The highest BCUT2D eigenvalue weighted by molar-refractivity contribution is 7.90. The summed E-state index contributed by atoms with van der Waals surface area (Å²) in [5, 5.41) is 2.73. The minimum absolute atomic E-state index is 0.109. The van der Waals surface area contributed by atoms with Gasteiger partial charge in [0.05, 0.1) is 17.2 Å². The van der Waals surface area contributed by atoms with Crippen LogP contribution in [0.25, 0.3) is 0 Å². The maximum absolute atomic E-state index is 12.3. The summed E-state index contributed by atoms with van der Waals surface area (Å²) >= 11 is 0. The number of para-hydroxylation sites is 2. The summed E-state index contributed by atoms with van der Waals surface area (Å²) in [4.78, 5) is 12.4. The Morgan fingerprint density at radius 2 is 1.86 bits per heavy atom. The molecule has 0 unspecified atom stereocenters. The summed E-state index contributed by atoms with van der Waals surface area (Å²) in [6, 6.07) is 13.0. The Balaban J connectivity index is 2.27. The van der Waals surface area contributed by atoms with Crippen LogP contribution in [0.1, 0.15) is 17.3 Å². The van der Waals surface area contributed by atoms with Crippen molar-refractivity contribution >= 4 is 21.4 Å². The number of carbonyl (C=O) groups excluding carboxylic acids is 1. The molecule has 22 heavy (non-hydrogen) atoms. The highest BCUT2D eigenvalue weighted by Gasteiger charge is 2.13. The first-order valence-electron chi connectivity index (χ1n) is 6.75. The zero-order valence-electron chi connectivity index (χ0n) is 12.4. The summed E-state index contributed by atoms with van der Waals surface area (Å²) in [6.07, 6.45) is 1.11. The number of anilines is 1. The Hall–Kier alpha value is -2.34. The minimum atomic E-state index is -3.35. The van der Waals surface area contributed by atoms with Gasteiger partial charge in [-0.1, -0.05) is 18.2 Å². The van der Waals surface area contributed by atoms with Crippen molar-refractivity contribution in [2.24, 2.45) is 0 Å². The lowest BCUT2D eigenvalue weighted by Crippen LogP contribution is -2.13. The fraction of sp³-hybridized carbons (Fsp3) is 0.188. The van der Waals surface area contributed by atoms with Gasteiger partial charge < -0.3 is 10.1 Å². The van der Waals surface area contributed by atoms with Gasteiger partial charge in [-0.2, -0.15) is 0 Å². The molecule has 0 radical (unpaired) electrons. The topological polar surface area (TPSA) is 72.5 Å². The molecule has 0 saturated heterocycles. The Morgan fingerprint density at radius 1 is 1.14 bits per heavy atom. The molecule has 5 nitrogen and oxygen atoms in total. The van der Waals surface area contributed by atoms with Crippen LogP contribution in [0.2, 0.25) is 0 Å². The second-order valence-electron chi connectivity index (χ2n) is 4.68. The normalized spacial score (nSPS) is 11.0. The van der Waals surface area contributed by atoms with E-state index >= 15 is 0 Å². The molecule has 1 N–H and O–H groups in total. The molecule has 2 aromatic carbocycles. The van der Waals surface area contributed by atoms with Crippen molar-refractivity contribution in [3.8, 4) is 5.75 Å². The van der Waals surface area contributed by atoms with Crippen LogP contribution < -0.4 is 10.1 Å². The molecule has 0 saturated carbocycles. The third-order valence-electron chi connectivity index (χ3n) is 2.96. The highest BCUT2D eigenvalue weighted by atomic mass is 32.2. The molecule has 0 spiro atoms. The van der Waals surface area contributed by atoms with E-state index in [0.717, 1.165) is 6.26 Å². The number of sulfone groups is 1. The number of benzene rings is 2. The van der Waals surface area contributed by atoms with E-state index in [2.05, 4.69) is 5.32 Å². The SMILES string of the molecule is CCOc1ccccc1NC(=O)c1cccc(S(C)(=O)=O)c1. The average molecular weight is 319 g/mol. The molecule has 116 valence electrons. The molecule has 0 fully saturated rings. The van der Waals surface area contributed by atoms with Gasteiger partial charge in [-0.25, -0.2) is 8.42 Å². The van der Waals surface area contributed by atoms with E-state index in [9.17, 15) is 13.2 Å². The second-order valence-corrected chi connectivity index (χ2v) is 6.70. The fourth-order valence-corrected chi connectivity index (χ4v) is 2.58. The molecule has 0 aliphatic carbocycles. The lowest BCUT2D eigenvalue weighted by molar-refractivity contribution is 0.102. The van der Waals surface area contributed by atoms with Crippen LogP contribution >= 0.6 is 0 Å². The molecule has 0 bridgehead atoms. The summed E-state index contributed by atoms with van der Waals surface area (Å²) in [5.41, 5.74) is 0.813. The van der Waals surface area contributed by atoms with Gasteiger partial charge in [0.2, 0.25) is 0 Å². The average Bonchev–Trinajstić information content (AvgIpc) is 2.49. The van der Waals surface area contributed by atoms with Crippen LogP contribution in [-0.4, -0.2) is 27.2 Å². The largest absolute Gasteiger partial charge is 0.492 e. The smallest absolute Gasteiger partial charge is 0.255 e. The van der Waals surface area contributed by atoms with E-state index in [0.29, 0.717) is 18.0 Å². The fourth-order valence-electron chi connectivity index (χ4n) is 1.91. The molecule has 0 aliphatic rings. The van der Waals surface area contributed by atoms with Gasteiger partial charge in [0.1, 0.15) is 5.75 Å². The van der Waals surface area contributed by atoms with Crippen molar-refractivity contribution in [1.29, 1.82) is 0 Å². The maximum atomic E-state index is 12.3. The van der Waals surface area contributed by atoms with Gasteiger partial charge in [0, 0.05) is 11.8 Å². The second kappa shape index (κ2) is 6.62. The zero-order chi connectivity index (χ0) is 16.2. The van der Waals surface area contributed by atoms with Gasteiger partial charge in [-0.15, -0.1) is 0 Å². The van der Waals surface area contributed by atoms with E-state index < -0.39 is 15.7 Å². The molecule has 2 rings (SSSR count). The lowest BCUT2D eigenvalue weighted by atomic mass is 10.2. The van der Waals surface area contributed by atoms with Crippen LogP contribution in [0.15, 0.2) is 53.4 Å². The number of hydrogen-bond donors (Lipinski definition) is 1. The van der Waals surface area contributed by atoms with Gasteiger partial charge >= 0.3 is 0 Å². The summed E-state index contributed by atoms with van der Waals surface area (Å²) in [5.74, 6) is 0.176. The van der Waals surface area contributed by atoms with Crippen molar-refractivity contribution in [2.75, 3.05) is 18.2 Å². The summed E-state index contributed by atoms with van der Waals surface area (Å²) < 4.78 is 28.5. The predicted octanol–water partition coefficient (Wildman–Crippen LogP) is 2.74. The van der Waals surface area contributed by atoms with Crippen LogP contribution in [0.4, 0.5) is 5.69 Å². The minimum Gasteiger partial charge on any atom is -0.492 e. The standard InChI is InChI=1S/C16H17NO4S/c1-3-21-15-10-5-4-9-14(15)17-16(18)12-7-6-8-13(11-12)22(2,19)20/h4-11H,3H2,1-2H3,(H,17,18). The molecular formula is C16H17NO4S. The van der Waals surface area contributed by atoms with Crippen molar-refractivity contribution in [3.05, 3.63) is 54.1 Å². The van der Waals surface area contributed by atoms with E-state index in [4.69, 9.17) is 4.74 Å². The van der Waals surface area contributed by atoms with E-state index in [1.807, 2.05) is 13.0 Å². The molecule has 6 heteroatoms. The van der Waals surface area contributed by atoms with Gasteiger partial charge in [-0.05, 0) is 37.3 Å². The van der Waals surface area contributed by atoms with Crippen molar-refractivity contribution in [3.63, 3.8) is 0 Å². The molecule has 2 aromatic rings. The van der Waals surface area contributed by atoms with Crippen LogP contribution in [-0.2, 0) is 9.84 Å².